The summed E-state index contributed by atoms with van der Waals surface area (Å²) < 4.78 is 5.29. The number of amides is 2. The number of aliphatic carboxylic acids is 1. The molecule has 2 rings (SSSR count). The van der Waals surface area contributed by atoms with E-state index >= 15 is 0 Å². The molecule has 2 amide bonds. The third kappa shape index (κ3) is 5.43. The monoisotopic (exact) mass is 377 g/mol. The van der Waals surface area contributed by atoms with Crippen LogP contribution in [-0.4, -0.2) is 53.2 Å². The number of aliphatic hydroxyl groups is 1. The zero-order valence-electron chi connectivity index (χ0n) is 15.5. The number of nitrogens with one attached hydrogen (secondary N) is 1. The lowest BCUT2D eigenvalue weighted by Crippen LogP contribution is -2.52. The van der Waals surface area contributed by atoms with Crippen molar-refractivity contribution < 1.29 is 29.3 Å². The number of rotatable bonds is 7. The van der Waals surface area contributed by atoms with Gasteiger partial charge in [-0.15, -0.1) is 0 Å². The molecule has 1 fully saturated rings. The van der Waals surface area contributed by atoms with Crippen LogP contribution in [0.1, 0.15) is 32.3 Å². The van der Waals surface area contributed by atoms with Crippen LogP contribution in [-0.2, 0) is 20.9 Å². The Labute approximate surface area is 158 Å². The smallest absolute Gasteiger partial charge is 0.410 e. The highest BCUT2D eigenvalue weighted by atomic mass is 16.6. The second kappa shape index (κ2) is 8.85. The van der Waals surface area contributed by atoms with Gasteiger partial charge in [0.1, 0.15) is 18.8 Å². The molecule has 1 saturated heterocycles. The molecule has 0 radical (unpaired) electrons. The number of carbonyl (C=O) groups is 3. The van der Waals surface area contributed by atoms with Crippen LogP contribution < -0.4 is 10.4 Å². The molecule has 0 unspecified atom stereocenters. The number of hydrogen-bond donors (Lipinski definition) is 2. The second-order valence-corrected chi connectivity index (χ2v) is 7.32. The van der Waals surface area contributed by atoms with Crippen molar-refractivity contribution in [2.75, 3.05) is 13.1 Å². The zero-order chi connectivity index (χ0) is 20.0. The van der Waals surface area contributed by atoms with Crippen molar-refractivity contribution in [3.05, 3.63) is 35.9 Å². The van der Waals surface area contributed by atoms with E-state index in [9.17, 15) is 24.6 Å². The Hall–Kier alpha value is -2.61. The van der Waals surface area contributed by atoms with E-state index in [4.69, 9.17) is 4.74 Å². The van der Waals surface area contributed by atoms with E-state index in [1.165, 1.54) is 18.7 Å². The van der Waals surface area contributed by atoms with Gasteiger partial charge in [-0.25, -0.2) is 4.79 Å². The van der Waals surface area contributed by atoms with E-state index in [1.807, 2.05) is 30.3 Å². The Bertz CT molecular complexity index is 676. The van der Waals surface area contributed by atoms with Crippen LogP contribution >= 0.6 is 0 Å². The number of nitrogens with zero attached hydrogens (tertiary/aromatic N) is 1. The Balaban J connectivity index is 1.89. The van der Waals surface area contributed by atoms with Gasteiger partial charge in [-0.05, 0) is 18.4 Å². The molecule has 27 heavy (non-hydrogen) atoms. The molecule has 1 aromatic rings. The van der Waals surface area contributed by atoms with Crippen molar-refractivity contribution in [3.8, 4) is 0 Å². The molecule has 8 nitrogen and oxygen atoms in total. The summed E-state index contributed by atoms with van der Waals surface area (Å²) in [6.45, 7) is 3.49. The SMILES string of the molecule is CC(C)(CNC(=O)[C@H]1CCCN1C(=O)OCc1ccccc1)[C@H](O)C(=O)[O-]. The van der Waals surface area contributed by atoms with E-state index in [2.05, 4.69) is 5.32 Å². The van der Waals surface area contributed by atoms with E-state index in [0.29, 0.717) is 19.4 Å². The molecule has 0 spiro atoms. The minimum Gasteiger partial charge on any atom is -0.547 e. The molecule has 0 aromatic heterocycles. The van der Waals surface area contributed by atoms with Crippen LogP contribution in [0.15, 0.2) is 30.3 Å². The third-order valence-electron chi connectivity index (χ3n) is 4.68. The first-order valence-electron chi connectivity index (χ1n) is 8.86. The van der Waals surface area contributed by atoms with E-state index in [-0.39, 0.29) is 13.2 Å². The zero-order valence-corrected chi connectivity index (χ0v) is 15.5. The highest BCUT2D eigenvalue weighted by molar-refractivity contribution is 5.86. The normalized spacial score (nSPS) is 18.0. The lowest BCUT2D eigenvalue weighted by Gasteiger charge is -2.32. The van der Waals surface area contributed by atoms with Gasteiger partial charge in [0.15, 0.2) is 0 Å². The quantitative estimate of drug-likeness (QED) is 0.693. The summed E-state index contributed by atoms with van der Waals surface area (Å²) in [6, 6.07) is 8.56. The number of aliphatic hydroxyl groups excluding tert-OH is 1. The first kappa shape index (κ1) is 20.7. The summed E-state index contributed by atoms with van der Waals surface area (Å²) in [4.78, 5) is 37.0. The Morgan fingerprint density at radius 2 is 2.00 bits per heavy atom. The van der Waals surface area contributed by atoms with Crippen molar-refractivity contribution in [1.29, 1.82) is 0 Å². The molecule has 1 heterocycles. The number of ether oxygens (including phenoxy) is 1. The number of carboxylic acid groups (broad SMARTS) is 1. The lowest BCUT2D eigenvalue weighted by atomic mass is 9.86. The van der Waals surface area contributed by atoms with Gasteiger partial charge < -0.3 is 25.1 Å². The van der Waals surface area contributed by atoms with Crippen LogP contribution in [0.2, 0.25) is 0 Å². The molecule has 0 saturated carbocycles. The molecule has 8 heteroatoms. The Morgan fingerprint density at radius 3 is 2.63 bits per heavy atom. The predicted octanol–water partition coefficient (Wildman–Crippen LogP) is 0.0408. The minimum atomic E-state index is -1.71. The maximum Gasteiger partial charge on any atom is 0.410 e. The van der Waals surface area contributed by atoms with Gasteiger partial charge >= 0.3 is 6.09 Å². The van der Waals surface area contributed by atoms with Crippen LogP contribution in [0.5, 0.6) is 0 Å². The van der Waals surface area contributed by atoms with Crippen LogP contribution in [0.3, 0.4) is 0 Å². The number of benzene rings is 1. The average molecular weight is 377 g/mol. The number of carboxylic acids is 1. The van der Waals surface area contributed by atoms with Crippen molar-refractivity contribution in [1.82, 2.24) is 10.2 Å². The summed E-state index contributed by atoms with van der Waals surface area (Å²) in [5.74, 6) is -2.00. The van der Waals surface area contributed by atoms with E-state index < -0.39 is 35.5 Å². The summed E-state index contributed by atoms with van der Waals surface area (Å²) in [6.07, 6.45) is -1.11. The fraction of sp³-hybridized carbons (Fsp3) is 0.526. The minimum absolute atomic E-state index is 0.0651. The molecule has 1 aromatic carbocycles. The topological polar surface area (TPSA) is 119 Å². The second-order valence-electron chi connectivity index (χ2n) is 7.32. The average Bonchev–Trinajstić information content (AvgIpc) is 3.14. The summed E-state index contributed by atoms with van der Waals surface area (Å²) in [7, 11) is 0. The van der Waals surface area contributed by atoms with Crippen molar-refractivity contribution in [3.63, 3.8) is 0 Å². The fourth-order valence-corrected chi connectivity index (χ4v) is 2.91. The summed E-state index contributed by atoms with van der Waals surface area (Å²) in [5.41, 5.74) is -0.254. The number of hydrogen-bond acceptors (Lipinski definition) is 6. The standard InChI is InChI=1S/C19H26N2O6/c1-19(2,15(22)17(24)25)12-20-16(23)14-9-6-10-21(14)18(26)27-11-13-7-4-3-5-8-13/h3-5,7-8,14-15,22H,6,9-12H2,1-2H3,(H,20,23)(H,24,25)/p-1/t14-,15-/m1/s1. The Morgan fingerprint density at radius 1 is 1.33 bits per heavy atom. The van der Waals surface area contributed by atoms with Crippen molar-refractivity contribution in [2.45, 2.75) is 45.4 Å². The first-order chi connectivity index (χ1) is 12.7. The maximum atomic E-state index is 12.5. The molecule has 0 bridgehead atoms. The largest absolute Gasteiger partial charge is 0.547 e. The van der Waals surface area contributed by atoms with Crippen LogP contribution in [0.4, 0.5) is 4.79 Å². The molecule has 2 atom stereocenters. The predicted molar refractivity (Wildman–Crippen MR) is 94.2 cm³/mol. The molecular formula is C19H25N2O6-. The van der Waals surface area contributed by atoms with Crippen molar-refractivity contribution in [2.24, 2.45) is 5.41 Å². The molecule has 2 N–H and O–H groups in total. The van der Waals surface area contributed by atoms with Gasteiger partial charge in [-0.1, -0.05) is 44.2 Å². The molecule has 0 aliphatic carbocycles. The fourth-order valence-electron chi connectivity index (χ4n) is 2.91. The highest BCUT2D eigenvalue weighted by Crippen LogP contribution is 2.22. The lowest BCUT2D eigenvalue weighted by molar-refractivity contribution is -0.319. The maximum absolute atomic E-state index is 12.5. The highest BCUT2D eigenvalue weighted by Gasteiger charge is 2.36. The number of likely N-dealkylation sites (tertiary alicyclic amines) is 1. The van der Waals surface area contributed by atoms with Gasteiger partial charge in [-0.3, -0.25) is 9.69 Å². The molecule has 1 aliphatic heterocycles. The van der Waals surface area contributed by atoms with Crippen LogP contribution in [0.25, 0.3) is 0 Å². The van der Waals surface area contributed by atoms with Gasteiger partial charge in [0.2, 0.25) is 5.91 Å². The van der Waals surface area contributed by atoms with Gasteiger partial charge in [0.05, 0.1) is 5.97 Å². The van der Waals surface area contributed by atoms with E-state index in [1.54, 1.807) is 0 Å². The number of carbonyl (C=O) groups excluding carboxylic acids is 3. The van der Waals surface area contributed by atoms with Gasteiger partial charge in [0, 0.05) is 18.5 Å². The third-order valence-corrected chi connectivity index (χ3v) is 4.68. The molecule has 1 aliphatic rings. The van der Waals surface area contributed by atoms with Gasteiger partial charge in [0.25, 0.3) is 0 Å². The molecule has 148 valence electrons. The van der Waals surface area contributed by atoms with E-state index in [0.717, 1.165) is 5.56 Å². The summed E-state index contributed by atoms with van der Waals surface area (Å²) >= 11 is 0. The molecular weight excluding hydrogens is 352 g/mol. The van der Waals surface area contributed by atoms with Crippen LogP contribution in [0, 0.1) is 5.41 Å². The van der Waals surface area contributed by atoms with Gasteiger partial charge in [-0.2, -0.15) is 0 Å². The summed E-state index contributed by atoms with van der Waals surface area (Å²) in [5, 5.41) is 23.1. The Kier molecular flexibility index (Phi) is 6.79. The first-order valence-corrected chi connectivity index (χ1v) is 8.86. The van der Waals surface area contributed by atoms with Crippen molar-refractivity contribution >= 4 is 18.0 Å².